The fourth-order valence-electron chi connectivity index (χ4n) is 3.52. The molecule has 1 atom stereocenters. The Hall–Kier alpha value is -3.04. The topological polar surface area (TPSA) is 111 Å². The first-order valence-electron chi connectivity index (χ1n) is 9.94. The number of aromatic carboxylic acids is 1. The molecule has 31 heavy (non-hydrogen) atoms. The van der Waals surface area contributed by atoms with Crippen LogP contribution in [0.1, 0.15) is 47.2 Å². The van der Waals surface area contributed by atoms with Gasteiger partial charge in [-0.3, -0.25) is 14.2 Å². The third-order valence-electron chi connectivity index (χ3n) is 5.23. The molecule has 0 saturated carbocycles. The van der Waals surface area contributed by atoms with Crippen molar-refractivity contribution >= 4 is 39.1 Å². The van der Waals surface area contributed by atoms with E-state index >= 15 is 0 Å². The number of aromatic nitrogens is 2. The summed E-state index contributed by atoms with van der Waals surface area (Å²) >= 11 is 1.10. The van der Waals surface area contributed by atoms with Gasteiger partial charge in [-0.05, 0) is 31.4 Å². The van der Waals surface area contributed by atoms with E-state index in [1.54, 1.807) is 6.92 Å². The van der Waals surface area contributed by atoms with Crippen LogP contribution in [-0.2, 0) is 22.4 Å². The second-order valence-electron chi connectivity index (χ2n) is 7.21. The highest BCUT2D eigenvalue weighted by Gasteiger charge is 2.25. The largest absolute Gasteiger partial charge is 0.478 e. The number of fused-ring (bicyclic) bond motifs is 1. The maximum Gasteiger partial charge on any atom is 0.337 e. The molecule has 0 fully saturated rings. The summed E-state index contributed by atoms with van der Waals surface area (Å²) in [7, 11) is 1.54. The fourth-order valence-corrected chi connectivity index (χ4v) is 4.44. The zero-order chi connectivity index (χ0) is 22.7. The predicted molar refractivity (Wildman–Crippen MR) is 120 cm³/mol. The number of rotatable bonds is 8. The number of carboxylic acids is 1. The maximum atomic E-state index is 13.3. The molecule has 0 saturated heterocycles. The summed E-state index contributed by atoms with van der Waals surface area (Å²) in [6.45, 7) is 5.83. The Labute approximate surface area is 183 Å². The van der Waals surface area contributed by atoms with Crippen molar-refractivity contribution in [3.63, 3.8) is 0 Å². The first kappa shape index (κ1) is 22.6. The first-order chi connectivity index (χ1) is 14.8. The minimum Gasteiger partial charge on any atom is -0.478 e. The van der Waals surface area contributed by atoms with Crippen molar-refractivity contribution < 1.29 is 19.4 Å². The summed E-state index contributed by atoms with van der Waals surface area (Å²) in [5.74, 6) is -1.20. The number of anilines is 1. The van der Waals surface area contributed by atoms with Gasteiger partial charge in [-0.15, -0.1) is 11.3 Å². The monoisotopic (exact) mass is 443 g/mol. The number of nitrogens with one attached hydrogen (secondary N) is 1. The van der Waals surface area contributed by atoms with Crippen LogP contribution in [0.2, 0.25) is 0 Å². The molecule has 0 bridgehead atoms. The summed E-state index contributed by atoms with van der Waals surface area (Å²) in [6.07, 6.45) is 1.05. The standard InChI is InChI=1S/C22H25N3O5S/c1-5-14-8-6-7-12(2)18(14)24-19(26)13(3)25-16(9-10-30-4)23-20-17(21(25)27)15(11-31-20)22(28)29/h6-8,11,13H,5,9-10H2,1-4H3,(H,24,26)(H,28,29). The van der Waals surface area contributed by atoms with Crippen LogP contribution in [-0.4, -0.2) is 40.3 Å². The third kappa shape index (κ3) is 4.38. The molecule has 0 aliphatic heterocycles. The Balaban J connectivity index is 2.10. The second kappa shape index (κ2) is 9.40. The number of carbonyl (C=O) groups is 2. The van der Waals surface area contributed by atoms with Crippen LogP contribution in [0.25, 0.3) is 10.2 Å². The number of para-hydroxylation sites is 1. The maximum absolute atomic E-state index is 13.3. The van der Waals surface area contributed by atoms with Gasteiger partial charge in [0.1, 0.15) is 16.7 Å². The molecule has 2 N–H and O–H groups in total. The highest BCUT2D eigenvalue weighted by atomic mass is 32.1. The van der Waals surface area contributed by atoms with Crippen molar-refractivity contribution in [1.29, 1.82) is 0 Å². The van der Waals surface area contributed by atoms with Crippen LogP contribution < -0.4 is 10.9 Å². The van der Waals surface area contributed by atoms with Crippen molar-refractivity contribution in [1.82, 2.24) is 9.55 Å². The number of aryl methyl sites for hydroxylation is 2. The van der Waals surface area contributed by atoms with Gasteiger partial charge in [0, 0.05) is 24.6 Å². The van der Waals surface area contributed by atoms with E-state index in [4.69, 9.17) is 4.74 Å². The molecule has 8 nitrogen and oxygen atoms in total. The van der Waals surface area contributed by atoms with E-state index in [0.29, 0.717) is 23.7 Å². The molecule has 3 aromatic rings. The number of methoxy groups -OCH3 is 1. The van der Waals surface area contributed by atoms with Gasteiger partial charge in [-0.1, -0.05) is 25.1 Å². The Morgan fingerprint density at radius 1 is 1.35 bits per heavy atom. The lowest BCUT2D eigenvalue weighted by Crippen LogP contribution is -2.35. The van der Waals surface area contributed by atoms with E-state index in [0.717, 1.165) is 34.6 Å². The van der Waals surface area contributed by atoms with Crippen molar-refractivity contribution in [2.45, 2.75) is 39.7 Å². The first-order valence-corrected chi connectivity index (χ1v) is 10.8. The summed E-state index contributed by atoms with van der Waals surface area (Å²) in [5, 5.41) is 13.8. The summed E-state index contributed by atoms with van der Waals surface area (Å²) in [5.41, 5.74) is 1.99. The molecule has 0 radical (unpaired) electrons. The third-order valence-corrected chi connectivity index (χ3v) is 6.10. The molecule has 2 aromatic heterocycles. The van der Waals surface area contributed by atoms with Gasteiger partial charge in [0.25, 0.3) is 5.56 Å². The van der Waals surface area contributed by atoms with Gasteiger partial charge < -0.3 is 15.2 Å². The quantitative estimate of drug-likeness (QED) is 0.552. The molecule has 3 rings (SSSR count). The highest BCUT2D eigenvalue weighted by Crippen LogP contribution is 2.25. The molecule has 0 aliphatic rings. The Morgan fingerprint density at radius 2 is 2.10 bits per heavy atom. The normalized spacial score (nSPS) is 12.1. The number of carboxylic acid groups (broad SMARTS) is 1. The van der Waals surface area contributed by atoms with Gasteiger partial charge in [-0.2, -0.15) is 0 Å². The lowest BCUT2D eigenvalue weighted by Gasteiger charge is -2.20. The SMILES string of the molecule is CCc1cccc(C)c1NC(=O)C(C)n1c(CCOC)nc2scc(C(=O)O)c2c1=O. The van der Waals surface area contributed by atoms with Gasteiger partial charge in [0.2, 0.25) is 5.91 Å². The van der Waals surface area contributed by atoms with E-state index in [9.17, 15) is 19.5 Å². The molecule has 2 heterocycles. The summed E-state index contributed by atoms with van der Waals surface area (Å²) in [4.78, 5) is 42.9. The van der Waals surface area contributed by atoms with Crippen LogP contribution in [0.3, 0.4) is 0 Å². The zero-order valence-electron chi connectivity index (χ0n) is 17.9. The Bertz CT molecular complexity index is 1200. The van der Waals surface area contributed by atoms with Crippen molar-refractivity contribution in [3.8, 4) is 0 Å². The lowest BCUT2D eigenvalue weighted by atomic mass is 10.1. The number of benzene rings is 1. The zero-order valence-corrected chi connectivity index (χ0v) is 18.7. The van der Waals surface area contributed by atoms with Gasteiger partial charge in [0.15, 0.2) is 0 Å². The van der Waals surface area contributed by atoms with Crippen LogP contribution >= 0.6 is 11.3 Å². The summed E-state index contributed by atoms with van der Waals surface area (Å²) in [6, 6.07) is 4.89. The van der Waals surface area contributed by atoms with E-state index < -0.39 is 17.6 Å². The van der Waals surface area contributed by atoms with Gasteiger partial charge in [-0.25, -0.2) is 9.78 Å². The van der Waals surface area contributed by atoms with Crippen molar-refractivity contribution in [3.05, 3.63) is 56.4 Å². The summed E-state index contributed by atoms with van der Waals surface area (Å²) < 4.78 is 6.41. The van der Waals surface area contributed by atoms with E-state index in [1.807, 2.05) is 32.0 Å². The fraction of sp³-hybridized carbons (Fsp3) is 0.364. The molecule has 1 unspecified atom stereocenters. The molecule has 1 aromatic carbocycles. The predicted octanol–water partition coefficient (Wildman–Crippen LogP) is 3.42. The van der Waals surface area contributed by atoms with E-state index in [1.165, 1.54) is 17.1 Å². The molecular weight excluding hydrogens is 418 g/mol. The van der Waals surface area contributed by atoms with E-state index in [2.05, 4.69) is 10.3 Å². The molecule has 0 spiro atoms. The average molecular weight is 444 g/mol. The van der Waals surface area contributed by atoms with Crippen LogP contribution in [0, 0.1) is 6.92 Å². The Morgan fingerprint density at radius 3 is 2.74 bits per heavy atom. The van der Waals surface area contributed by atoms with Gasteiger partial charge >= 0.3 is 5.97 Å². The molecular formula is C22H25N3O5S. The average Bonchev–Trinajstić information content (AvgIpc) is 3.17. The molecule has 0 aliphatic carbocycles. The van der Waals surface area contributed by atoms with Crippen LogP contribution in [0.5, 0.6) is 0 Å². The molecule has 164 valence electrons. The lowest BCUT2D eigenvalue weighted by molar-refractivity contribution is -0.119. The van der Waals surface area contributed by atoms with Crippen LogP contribution in [0.15, 0.2) is 28.4 Å². The van der Waals surface area contributed by atoms with Crippen molar-refractivity contribution in [2.24, 2.45) is 0 Å². The van der Waals surface area contributed by atoms with Crippen molar-refractivity contribution in [2.75, 3.05) is 19.0 Å². The minimum atomic E-state index is -1.20. The Kier molecular flexibility index (Phi) is 6.87. The molecule has 1 amide bonds. The number of hydrogen-bond donors (Lipinski definition) is 2. The second-order valence-corrected chi connectivity index (χ2v) is 8.07. The number of carbonyl (C=O) groups excluding carboxylic acids is 1. The van der Waals surface area contributed by atoms with E-state index in [-0.39, 0.29) is 16.9 Å². The van der Waals surface area contributed by atoms with Crippen LogP contribution in [0.4, 0.5) is 5.69 Å². The number of hydrogen-bond acceptors (Lipinski definition) is 6. The number of thiophene rings is 1. The number of nitrogens with zero attached hydrogens (tertiary/aromatic N) is 2. The molecule has 9 heteroatoms. The minimum absolute atomic E-state index is 0.0171. The number of amides is 1. The smallest absolute Gasteiger partial charge is 0.337 e. The van der Waals surface area contributed by atoms with Gasteiger partial charge in [0.05, 0.1) is 17.6 Å². The number of ether oxygens (including phenoxy) is 1. The highest BCUT2D eigenvalue weighted by molar-refractivity contribution is 7.17.